The van der Waals surface area contributed by atoms with Crippen LogP contribution in [0.1, 0.15) is 64.6 Å². The first-order chi connectivity index (χ1) is 9.01. The molecular weight excluding hydrogens is 266 g/mol. The lowest BCUT2D eigenvalue weighted by molar-refractivity contribution is 0.282. The van der Waals surface area contributed by atoms with Crippen LogP contribution in [0.5, 0.6) is 0 Å². The summed E-state index contributed by atoms with van der Waals surface area (Å²) in [6, 6.07) is 0.595. The predicted molar refractivity (Wildman–Crippen MR) is 88.5 cm³/mol. The second-order valence-corrected chi connectivity index (χ2v) is 9.12. The van der Waals surface area contributed by atoms with Crippen LogP contribution in [-0.2, 0) is 6.42 Å². The first-order valence-electron chi connectivity index (χ1n) is 7.49. The van der Waals surface area contributed by atoms with Crippen molar-refractivity contribution < 1.29 is 0 Å². The zero-order valence-electron chi connectivity index (χ0n) is 13.9. The van der Waals surface area contributed by atoms with Crippen molar-refractivity contribution in [3.05, 3.63) is 10.6 Å². The van der Waals surface area contributed by atoms with Gasteiger partial charge in [-0.15, -0.1) is 0 Å². The van der Waals surface area contributed by atoms with Gasteiger partial charge in [0, 0.05) is 24.0 Å². The molecule has 4 heteroatoms. The number of hydrogen-bond acceptors (Lipinski definition) is 4. The van der Waals surface area contributed by atoms with Crippen molar-refractivity contribution in [3.63, 3.8) is 0 Å². The van der Waals surface area contributed by atoms with E-state index in [0.29, 0.717) is 6.04 Å². The van der Waals surface area contributed by atoms with E-state index in [1.165, 1.54) is 10.6 Å². The minimum atomic E-state index is 0.151. The topological polar surface area (TPSA) is 42.2 Å². The summed E-state index contributed by atoms with van der Waals surface area (Å²) in [5, 5.41) is 1.12. The standard InChI is InChI=1S/C16H29N3S/c1-10(15(2,3)4)19(7)14-18-12-9-16(5,6)8-11(17)13(12)20-14/h10-11H,8-9,17H2,1-7H3. The van der Waals surface area contributed by atoms with Crippen molar-refractivity contribution in [2.45, 2.75) is 66.5 Å². The van der Waals surface area contributed by atoms with E-state index in [9.17, 15) is 0 Å². The Morgan fingerprint density at radius 1 is 1.40 bits per heavy atom. The highest BCUT2D eigenvalue weighted by molar-refractivity contribution is 7.15. The Labute approximate surface area is 127 Å². The van der Waals surface area contributed by atoms with Gasteiger partial charge in [-0.3, -0.25) is 0 Å². The fraction of sp³-hybridized carbons (Fsp3) is 0.812. The molecule has 0 aliphatic heterocycles. The molecule has 1 aromatic heterocycles. The Kier molecular flexibility index (Phi) is 3.93. The molecule has 0 amide bonds. The first-order valence-corrected chi connectivity index (χ1v) is 8.31. The van der Waals surface area contributed by atoms with E-state index in [1.54, 1.807) is 11.3 Å². The maximum absolute atomic E-state index is 6.35. The van der Waals surface area contributed by atoms with Gasteiger partial charge in [0.2, 0.25) is 0 Å². The van der Waals surface area contributed by atoms with Gasteiger partial charge >= 0.3 is 0 Å². The third kappa shape index (κ3) is 3.01. The van der Waals surface area contributed by atoms with E-state index in [2.05, 4.69) is 53.5 Å². The molecule has 0 fully saturated rings. The average molecular weight is 295 g/mol. The Bertz CT molecular complexity index is 484. The van der Waals surface area contributed by atoms with Crippen LogP contribution in [0.4, 0.5) is 5.13 Å². The molecule has 3 nitrogen and oxygen atoms in total. The number of nitrogens with two attached hydrogens (primary N) is 1. The summed E-state index contributed by atoms with van der Waals surface area (Å²) in [6.45, 7) is 13.7. The highest BCUT2D eigenvalue weighted by Gasteiger charge is 2.34. The molecule has 2 rings (SSSR count). The number of fused-ring (bicyclic) bond motifs is 1. The fourth-order valence-corrected chi connectivity index (χ4v) is 4.00. The molecule has 114 valence electrons. The molecule has 2 N–H and O–H groups in total. The van der Waals surface area contributed by atoms with Crippen molar-refractivity contribution in [1.29, 1.82) is 0 Å². The fourth-order valence-electron chi connectivity index (χ4n) is 2.88. The quantitative estimate of drug-likeness (QED) is 0.897. The van der Waals surface area contributed by atoms with Gasteiger partial charge in [0.15, 0.2) is 5.13 Å². The van der Waals surface area contributed by atoms with Crippen molar-refractivity contribution in [3.8, 4) is 0 Å². The van der Waals surface area contributed by atoms with Crippen LogP contribution in [0.2, 0.25) is 0 Å². The third-order valence-electron chi connectivity index (χ3n) is 4.61. The zero-order valence-corrected chi connectivity index (χ0v) is 14.8. The number of anilines is 1. The highest BCUT2D eigenvalue weighted by atomic mass is 32.1. The average Bonchev–Trinajstić information content (AvgIpc) is 2.68. The monoisotopic (exact) mass is 295 g/mol. The molecule has 1 heterocycles. The number of rotatable bonds is 2. The molecule has 0 spiro atoms. The summed E-state index contributed by atoms with van der Waals surface area (Å²) in [5.74, 6) is 0. The van der Waals surface area contributed by atoms with Crippen LogP contribution in [0.3, 0.4) is 0 Å². The van der Waals surface area contributed by atoms with Gasteiger partial charge in [0.25, 0.3) is 0 Å². The lowest BCUT2D eigenvalue weighted by Gasteiger charge is -2.35. The molecule has 2 unspecified atom stereocenters. The largest absolute Gasteiger partial charge is 0.348 e. The molecule has 2 atom stereocenters. The van der Waals surface area contributed by atoms with Gasteiger partial charge in [0.05, 0.1) is 5.69 Å². The lowest BCUT2D eigenvalue weighted by Crippen LogP contribution is -2.39. The third-order valence-corrected chi connectivity index (χ3v) is 5.93. The summed E-state index contributed by atoms with van der Waals surface area (Å²) in [6.07, 6.45) is 2.10. The SMILES string of the molecule is CC(N(C)c1nc2c(s1)C(N)CC(C)(C)C2)C(C)(C)C. The van der Waals surface area contributed by atoms with Gasteiger partial charge in [-0.1, -0.05) is 46.0 Å². The minimum Gasteiger partial charge on any atom is -0.348 e. The van der Waals surface area contributed by atoms with Gasteiger partial charge in [0.1, 0.15) is 0 Å². The van der Waals surface area contributed by atoms with Crippen LogP contribution in [0.15, 0.2) is 0 Å². The zero-order chi connectivity index (χ0) is 15.3. The van der Waals surface area contributed by atoms with Crippen LogP contribution >= 0.6 is 11.3 Å². The Morgan fingerprint density at radius 3 is 2.55 bits per heavy atom. The normalized spacial score (nSPS) is 23.3. The van der Waals surface area contributed by atoms with Crippen molar-refractivity contribution in [1.82, 2.24) is 4.98 Å². The van der Waals surface area contributed by atoms with Gasteiger partial charge in [-0.25, -0.2) is 4.98 Å². The van der Waals surface area contributed by atoms with Crippen molar-refractivity contribution in [2.75, 3.05) is 11.9 Å². The first kappa shape index (κ1) is 15.8. The summed E-state index contributed by atoms with van der Waals surface area (Å²) in [7, 11) is 2.15. The van der Waals surface area contributed by atoms with E-state index < -0.39 is 0 Å². The van der Waals surface area contributed by atoms with E-state index in [4.69, 9.17) is 10.7 Å². The smallest absolute Gasteiger partial charge is 0.185 e. The lowest BCUT2D eigenvalue weighted by atomic mass is 9.77. The van der Waals surface area contributed by atoms with Crippen LogP contribution in [0.25, 0.3) is 0 Å². The molecular formula is C16H29N3S. The van der Waals surface area contributed by atoms with E-state index in [1.807, 2.05) is 0 Å². The molecule has 1 aliphatic carbocycles. The van der Waals surface area contributed by atoms with E-state index in [0.717, 1.165) is 18.0 Å². The Hall–Kier alpha value is -0.610. The highest BCUT2D eigenvalue weighted by Crippen LogP contribution is 2.44. The van der Waals surface area contributed by atoms with Crippen molar-refractivity contribution >= 4 is 16.5 Å². The molecule has 20 heavy (non-hydrogen) atoms. The Balaban J connectivity index is 2.29. The van der Waals surface area contributed by atoms with Crippen LogP contribution < -0.4 is 10.6 Å². The second-order valence-electron chi connectivity index (χ2n) is 8.11. The summed E-state index contributed by atoms with van der Waals surface area (Å²) < 4.78 is 0. The van der Waals surface area contributed by atoms with Gasteiger partial charge in [-0.2, -0.15) is 0 Å². The number of nitrogens with zero attached hydrogens (tertiary/aromatic N) is 2. The summed E-state index contributed by atoms with van der Waals surface area (Å²) >= 11 is 1.79. The van der Waals surface area contributed by atoms with E-state index in [-0.39, 0.29) is 16.9 Å². The number of aromatic nitrogens is 1. The summed E-state index contributed by atoms with van der Waals surface area (Å²) in [4.78, 5) is 8.50. The van der Waals surface area contributed by atoms with Crippen LogP contribution in [-0.4, -0.2) is 18.1 Å². The number of hydrogen-bond donors (Lipinski definition) is 1. The molecule has 0 saturated heterocycles. The predicted octanol–water partition coefficient (Wildman–Crippen LogP) is 3.99. The van der Waals surface area contributed by atoms with Crippen LogP contribution in [0, 0.1) is 10.8 Å². The maximum atomic E-state index is 6.35. The van der Waals surface area contributed by atoms with E-state index >= 15 is 0 Å². The van der Waals surface area contributed by atoms with Gasteiger partial charge in [-0.05, 0) is 30.6 Å². The molecule has 0 bridgehead atoms. The minimum absolute atomic E-state index is 0.151. The summed E-state index contributed by atoms with van der Waals surface area (Å²) in [5.41, 5.74) is 8.08. The molecule has 1 aliphatic rings. The molecule has 0 radical (unpaired) electrons. The maximum Gasteiger partial charge on any atom is 0.185 e. The molecule has 1 aromatic rings. The van der Waals surface area contributed by atoms with Gasteiger partial charge < -0.3 is 10.6 Å². The molecule has 0 saturated carbocycles. The second kappa shape index (κ2) is 4.99. The van der Waals surface area contributed by atoms with Crippen molar-refractivity contribution in [2.24, 2.45) is 16.6 Å². The number of thiazole rings is 1. The Morgan fingerprint density at radius 2 is 2.00 bits per heavy atom. The molecule has 0 aromatic carbocycles.